The van der Waals surface area contributed by atoms with Crippen molar-refractivity contribution in [1.82, 2.24) is 19.8 Å². The summed E-state index contributed by atoms with van der Waals surface area (Å²) >= 11 is 0. The van der Waals surface area contributed by atoms with E-state index in [1.165, 1.54) is 12.4 Å². The Morgan fingerprint density at radius 2 is 1.62 bits per heavy atom. The molecule has 2 rings (SSSR count). The van der Waals surface area contributed by atoms with Gasteiger partial charge in [0.15, 0.2) is 0 Å². The molecule has 1 aromatic rings. The van der Waals surface area contributed by atoms with Crippen LogP contribution in [0, 0.1) is 0 Å². The highest BCUT2D eigenvalue weighted by molar-refractivity contribution is 5.93. The highest BCUT2D eigenvalue weighted by Crippen LogP contribution is 2.09. The largest absolute Gasteiger partial charge is 0.352 e. The number of piperazine rings is 1. The number of rotatable bonds is 3. The Balaban J connectivity index is 1.96. The molecular weight excluding hydrogens is 270 g/mol. The lowest BCUT2D eigenvalue weighted by molar-refractivity contribution is -0.130. The molecule has 0 aromatic carbocycles. The summed E-state index contributed by atoms with van der Waals surface area (Å²) in [4.78, 5) is 35.4. The van der Waals surface area contributed by atoms with Crippen LogP contribution in [0.4, 0.5) is 5.95 Å². The zero-order chi connectivity index (χ0) is 15.4. The number of carbonyl (C=O) groups is 2. The van der Waals surface area contributed by atoms with E-state index in [0.29, 0.717) is 37.7 Å². The molecule has 114 valence electrons. The molecule has 21 heavy (non-hydrogen) atoms. The van der Waals surface area contributed by atoms with Gasteiger partial charge in [-0.15, -0.1) is 0 Å². The number of amides is 2. The molecule has 0 saturated carbocycles. The third kappa shape index (κ3) is 3.90. The van der Waals surface area contributed by atoms with Crippen LogP contribution in [0.25, 0.3) is 0 Å². The molecule has 2 amide bonds. The molecule has 7 nitrogen and oxygen atoms in total. The number of nitrogens with one attached hydrogen (secondary N) is 1. The molecule has 0 radical (unpaired) electrons. The maximum absolute atomic E-state index is 12.3. The number of hydrogen-bond donors (Lipinski definition) is 1. The van der Waals surface area contributed by atoms with Gasteiger partial charge >= 0.3 is 0 Å². The molecule has 1 aliphatic heterocycles. The zero-order valence-corrected chi connectivity index (χ0v) is 12.7. The van der Waals surface area contributed by atoms with Crippen LogP contribution >= 0.6 is 0 Å². The van der Waals surface area contributed by atoms with Crippen LogP contribution in [-0.2, 0) is 4.79 Å². The maximum Gasteiger partial charge on any atom is 0.257 e. The van der Waals surface area contributed by atoms with Crippen molar-refractivity contribution in [1.29, 1.82) is 0 Å². The van der Waals surface area contributed by atoms with E-state index in [4.69, 9.17) is 0 Å². The summed E-state index contributed by atoms with van der Waals surface area (Å²) < 4.78 is 0. The molecule has 0 spiro atoms. The van der Waals surface area contributed by atoms with Gasteiger partial charge in [-0.2, -0.15) is 0 Å². The van der Waals surface area contributed by atoms with Crippen LogP contribution in [-0.4, -0.2) is 63.8 Å². The van der Waals surface area contributed by atoms with Crippen molar-refractivity contribution in [3.8, 4) is 0 Å². The highest BCUT2D eigenvalue weighted by atomic mass is 16.2. The molecule has 1 fully saturated rings. The third-order valence-corrected chi connectivity index (χ3v) is 3.33. The first-order chi connectivity index (χ1) is 9.97. The van der Waals surface area contributed by atoms with E-state index in [1.54, 1.807) is 16.7 Å². The van der Waals surface area contributed by atoms with Crippen LogP contribution in [0.3, 0.4) is 0 Å². The van der Waals surface area contributed by atoms with Crippen LogP contribution in [0.2, 0.25) is 0 Å². The molecule has 0 unspecified atom stereocenters. The van der Waals surface area contributed by atoms with Crippen LogP contribution in [0.1, 0.15) is 31.1 Å². The number of nitrogens with zero attached hydrogens (tertiary/aromatic N) is 4. The summed E-state index contributed by atoms with van der Waals surface area (Å²) in [5.41, 5.74) is 0.473. The molecule has 1 aromatic heterocycles. The number of carbonyl (C=O) groups excluding carboxylic acids is 2. The Morgan fingerprint density at radius 3 is 2.10 bits per heavy atom. The van der Waals surface area contributed by atoms with E-state index in [2.05, 4.69) is 15.3 Å². The van der Waals surface area contributed by atoms with Crippen molar-refractivity contribution in [2.75, 3.05) is 31.5 Å². The highest BCUT2D eigenvalue weighted by Gasteiger charge is 2.23. The van der Waals surface area contributed by atoms with Crippen LogP contribution in [0.15, 0.2) is 12.4 Å². The van der Waals surface area contributed by atoms with Gasteiger partial charge in [0.25, 0.3) is 5.91 Å². The molecule has 0 aliphatic carbocycles. The van der Waals surface area contributed by atoms with Gasteiger partial charge in [-0.05, 0) is 13.8 Å². The van der Waals surface area contributed by atoms with E-state index < -0.39 is 0 Å². The first-order valence-electron chi connectivity index (χ1n) is 7.10. The molecule has 1 saturated heterocycles. The second kappa shape index (κ2) is 6.51. The minimum absolute atomic E-state index is 0.0505. The fraction of sp³-hybridized carbons (Fsp3) is 0.571. The minimum Gasteiger partial charge on any atom is -0.352 e. The van der Waals surface area contributed by atoms with Crippen LogP contribution in [0.5, 0.6) is 0 Å². The van der Waals surface area contributed by atoms with E-state index in [0.717, 1.165) is 0 Å². The summed E-state index contributed by atoms with van der Waals surface area (Å²) in [5.74, 6) is 0.479. The van der Waals surface area contributed by atoms with Gasteiger partial charge in [0.2, 0.25) is 11.9 Å². The summed E-state index contributed by atoms with van der Waals surface area (Å²) in [5, 5.41) is 3.08. The summed E-state index contributed by atoms with van der Waals surface area (Å²) in [7, 11) is 0. The Bertz CT molecular complexity index is 507. The van der Waals surface area contributed by atoms with E-state index >= 15 is 0 Å². The van der Waals surface area contributed by atoms with Crippen molar-refractivity contribution in [2.24, 2.45) is 0 Å². The average molecular weight is 291 g/mol. The van der Waals surface area contributed by atoms with E-state index in [9.17, 15) is 9.59 Å². The fourth-order valence-corrected chi connectivity index (χ4v) is 2.18. The van der Waals surface area contributed by atoms with Crippen LogP contribution < -0.4 is 5.32 Å². The monoisotopic (exact) mass is 291 g/mol. The Morgan fingerprint density at radius 1 is 1.10 bits per heavy atom. The van der Waals surface area contributed by atoms with Gasteiger partial charge in [-0.25, -0.2) is 9.97 Å². The van der Waals surface area contributed by atoms with E-state index in [1.807, 2.05) is 13.8 Å². The van der Waals surface area contributed by atoms with Crippen molar-refractivity contribution >= 4 is 17.8 Å². The molecular formula is C14H21N5O2. The van der Waals surface area contributed by atoms with Gasteiger partial charge < -0.3 is 15.1 Å². The lowest BCUT2D eigenvalue weighted by Crippen LogP contribution is -2.50. The zero-order valence-electron chi connectivity index (χ0n) is 12.7. The van der Waals surface area contributed by atoms with Gasteiger partial charge in [0.1, 0.15) is 0 Å². The topological polar surface area (TPSA) is 78.4 Å². The Hall–Kier alpha value is -2.18. The number of anilines is 1. The first-order valence-corrected chi connectivity index (χ1v) is 7.10. The summed E-state index contributed by atoms with van der Waals surface area (Å²) in [6, 6.07) is 0.242. The quantitative estimate of drug-likeness (QED) is 0.882. The van der Waals surface area contributed by atoms with Crippen molar-refractivity contribution < 1.29 is 9.59 Å². The molecule has 7 heteroatoms. The Kier molecular flexibility index (Phi) is 4.72. The van der Waals surface area contributed by atoms with Crippen molar-refractivity contribution in [2.45, 2.75) is 26.8 Å². The van der Waals surface area contributed by atoms with Gasteiger partial charge in [0.05, 0.1) is 5.56 Å². The lowest BCUT2D eigenvalue weighted by atomic mass is 10.2. The van der Waals surface area contributed by atoms with Gasteiger partial charge in [0, 0.05) is 51.5 Å². The Labute approximate surface area is 124 Å². The lowest BCUT2D eigenvalue weighted by Gasteiger charge is -2.34. The second-order valence-corrected chi connectivity index (χ2v) is 5.39. The predicted molar refractivity (Wildman–Crippen MR) is 78.9 cm³/mol. The van der Waals surface area contributed by atoms with Gasteiger partial charge in [-0.1, -0.05) is 0 Å². The fourth-order valence-electron chi connectivity index (χ4n) is 2.18. The molecule has 0 bridgehead atoms. The summed E-state index contributed by atoms with van der Waals surface area (Å²) in [6.07, 6.45) is 3.08. The number of aromatic nitrogens is 2. The molecule has 2 heterocycles. The second-order valence-electron chi connectivity index (χ2n) is 5.39. The normalized spacial score (nSPS) is 15.2. The first kappa shape index (κ1) is 15.2. The van der Waals surface area contributed by atoms with E-state index in [-0.39, 0.29) is 17.9 Å². The third-order valence-electron chi connectivity index (χ3n) is 3.33. The minimum atomic E-state index is -0.0886. The SMILES string of the molecule is CC(=O)N1CCN(C(=O)c2cnc(NC(C)C)nc2)CC1. The average Bonchev–Trinajstić information content (AvgIpc) is 2.47. The van der Waals surface area contributed by atoms with Crippen molar-refractivity contribution in [3.05, 3.63) is 18.0 Å². The molecule has 1 aliphatic rings. The predicted octanol–water partition coefficient (Wildman–Crippen LogP) is 0.601. The number of hydrogen-bond acceptors (Lipinski definition) is 5. The van der Waals surface area contributed by atoms with Gasteiger partial charge in [-0.3, -0.25) is 9.59 Å². The maximum atomic E-state index is 12.3. The standard InChI is InChI=1S/C14H21N5O2/c1-10(2)17-14-15-8-12(9-16-14)13(21)19-6-4-18(5-7-19)11(3)20/h8-10H,4-7H2,1-3H3,(H,15,16,17). The van der Waals surface area contributed by atoms with Crippen molar-refractivity contribution in [3.63, 3.8) is 0 Å². The summed E-state index contributed by atoms with van der Waals surface area (Å²) in [6.45, 7) is 7.79. The molecule has 1 N–H and O–H groups in total. The smallest absolute Gasteiger partial charge is 0.257 e. The molecule has 0 atom stereocenters.